The van der Waals surface area contributed by atoms with E-state index in [0.717, 1.165) is 0 Å². The smallest absolute Gasteiger partial charge is 0.335 e. The zero-order valence-corrected chi connectivity index (χ0v) is 10.4. The predicted octanol–water partition coefficient (Wildman–Crippen LogP) is 2.75. The molecule has 0 heterocycles. The van der Waals surface area contributed by atoms with Gasteiger partial charge in [-0.3, -0.25) is 9.59 Å². The number of aromatic carboxylic acids is 1. The van der Waals surface area contributed by atoms with Gasteiger partial charge in [0, 0.05) is 22.5 Å². The van der Waals surface area contributed by atoms with Gasteiger partial charge in [-0.2, -0.15) is 0 Å². The van der Waals surface area contributed by atoms with Crippen molar-refractivity contribution >= 4 is 29.9 Å². The number of carbonyl (C=O) groups is 3. The molecule has 0 saturated carbocycles. The number of hydrogen-bond acceptors (Lipinski definition) is 4. The van der Waals surface area contributed by atoms with Crippen LogP contribution in [0.15, 0.2) is 42.5 Å². The van der Waals surface area contributed by atoms with E-state index in [1.165, 1.54) is 18.2 Å². The van der Waals surface area contributed by atoms with Gasteiger partial charge in [0.05, 0.1) is 5.56 Å². The summed E-state index contributed by atoms with van der Waals surface area (Å²) in [6.07, 6.45) is 1.27. The Balaban J connectivity index is 2.42. The second-order valence-electron chi connectivity index (χ2n) is 4.10. The molecule has 0 fully saturated rings. The van der Waals surface area contributed by atoms with Crippen LogP contribution in [0.3, 0.4) is 0 Å². The molecule has 0 aliphatic carbocycles. The maximum Gasteiger partial charge on any atom is 0.335 e. The van der Waals surface area contributed by atoms with Crippen molar-refractivity contribution in [2.45, 2.75) is 0 Å². The van der Waals surface area contributed by atoms with Crippen LogP contribution in [0.4, 0.5) is 11.4 Å². The van der Waals surface area contributed by atoms with Crippen molar-refractivity contribution in [2.24, 2.45) is 0 Å². The van der Waals surface area contributed by atoms with Crippen molar-refractivity contribution in [2.75, 3.05) is 5.32 Å². The van der Waals surface area contributed by atoms with E-state index in [2.05, 4.69) is 5.32 Å². The highest BCUT2D eigenvalue weighted by molar-refractivity contribution is 5.93. The van der Waals surface area contributed by atoms with E-state index in [1.54, 1.807) is 24.3 Å². The monoisotopic (exact) mass is 269 g/mol. The van der Waals surface area contributed by atoms with Crippen LogP contribution in [-0.2, 0) is 0 Å². The van der Waals surface area contributed by atoms with Gasteiger partial charge >= 0.3 is 5.97 Å². The molecular formula is C15H11NO4. The third-order valence-corrected chi connectivity index (χ3v) is 2.71. The number of benzene rings is 2. The Morgan fingerprint density at radius 3 is 2.45 bits per heavy atom. The normalized spacial score (nSPS) is 9.80. The highest BCUT2D eigenvalue weighted by Gasteiger charge is 2.08. The van der Waals surface area contributed by atoms with Crippen LogP contribution in [-0.4, -0.2) is 23.6 Å². The zero-order valence-electron chi connectivity index (χ0n) is 10.4. The highest BCUT2D eigenvalue weighted by atomic mass is 16.4. The molecule has 0 aliphatic heterocycles. The van der Waals surface area contributed by atoms with Crippen LogP contribution in [0.2, 0.25) is 0 Å². The number of carbonyl (C=O) groups excluding carboxylic acids is 2. The van der Waals surface area contributed by atoms with Crippen molar-refractivity contribution in [3.8, 4) is 0 Å². The molecule has 0 aromatic heterocycles. The summed E-state index contributed by atoms with van der Waals surface area (Å²) < 4.78 is 0. The van der Waals surface area contributed by atoms with E-state index in [1.807, 2.05) is 0 Å². The molecule has 2 rings (SSSR count). The fraction of sp³-hybridized carbons (Fsp3) is 0. The van der Waals surface area contributed by atoms with E-state index in [-0.39, 0.29) is 11.1 Å². The van der Waals surface area contributed by atoms with E-state index in [0.29, 0.717) is 29.5 Å². The molecule has 0 atom stereocenters. The number of para-hydroxylation sites is 1. The maximum atomic E-state index is 11.0. The minimum atomic E-state index is -1.12. The minimum Gasteiger partial charge on any atom is -0.478 e. The Kier molecular flexibility index (Phi) is 3.91. The molecule has 0 spiro atoms. The summed E-state index contributed by atoms with van der Waals surface area (Å²) in [5.74, 6) is -1.12. The van der Waals surface area contributed by atoms with Crippen molar-refractivity contribution in [3.63, 3.8) is 0 Å². The van der Waals surface area contributed by atoms with Crippen molar-refractivity contribution in [1.29, 1.82) is 0 Å². The second-order valence-corrected chi connectivity index (χ2v) is 4.10. The predicted molar refractivity (Wildman–Crippen MR) is 73.9 cm³/mol. The first-order chi connectivity index (χ1) is 9.63. The summed E-state index contributed by atoms with van der Waals surface area (Å²) in [6.45, 7) is 0. The number of carboxylic acid groups (broad SMARTS) is 1. The molecule has 0 bridgehead atoms. The summed E-state index contributed by atoms with van der Waals surface area (Å²) >= 11 is 0. The molecule has 2 aromatic carbocycles. The van der Waals surface area contributed by atoms with Gasteiger partial charge < -0.3 is 10.4 Å². The Labute approximate surface area is 114 Å². The quantitative estimate of drug-likeness (QED) is 0.815. The average Bonchev–Trinajstić information content (AvgIpc) is 2.47. The number of aldehydes is 2. The van der Waals surface area contributed by atoms with Crippen LogP contribution in [0.1, 0.15) is 31.1 Å². The Morgan fingerprint density at radius 1 is 1.05 bits per heavy atom. The maximum absolute atomic E-state index is 11.0. The van der Waals surface area contributed by atoms with Gasteiger partial charge in [0.2, 0.25) is 0 Å². The average molecular weight is 269 g/mol. The summed E-state index contributed by atoms with van der Waals surface area (Å²) in [5, 5.41) is 11.9. The van der Waals surface area contributed by atoms with Gasteiger partial charge in [0.25, 0.3) is 0 Å². The van der Waals surface area contributed by atoms with Gasteiger partial charge in [-0.1, -0.05) is 12.1 Å². The second kappa shape index (κ2) is 5.79. The number of nitrogens with one attached hydrogen (secondary N) is 1. The van der Waals surface area contributed by atoms with Crippen LogP contribution in [0.25, 0.3) is 0 Å². The lowest BCUT2D eigenvalue weighted by atomic mass is 10.1. The van der Waals surface area contributed by atoms with Gasteiger partial charge in [0.15, 0.2) is 6.29 Å². The molecule has 0 radical (unpaired) electrons. The summed E-state index contributed by atoms with van der Waals surface area (Å²) in [5.41, 5.74) is 1.67. The van der Waals surface area contributed by atoms with E-state index in [9.17, 15) is 14.4 Å². The third-order valence-electron chi connectivity index (χ3n) is 2.71. The first-order valence-electron chi connectivity index (χ1n) is 5.79. The number of anilines is 2. The first kappa shape index (κ1) is 13.5. The van der Waals surface area contributed by atoms with Crippen LogP contribution in [0, 0.1) is 0 Å². The van der Waals surface area contributed by atoms with Gasteiger partial charge in [-0.25, -0.2) is 4.79 Å². The zero-order chi connectivity index (χ0) is 14.5. The molecule has 100 valence electrons. The molecule has 0 aliphatic rings. The number of hydrogen-bond donors (Lipinski definition) is 2. The van der Waals surface area contributed by atoms with E-state index >= 15 is 0 Å². The van der Waals surface area contributed by atoms with Gasteiger partial charge in [0.1, 0.15) is 6.29 Å². The molecular weight excluding hydrogens is 258 g/mol. The minimum absolute atomic E-state index is 0.000634. The number of rotatable bonds is 5. The van der Waals surface area contributed by atoms with Gasteiger partial charge in [-0.15, -0.1) is 0 Å². The SMILES string of the molecule is O=Cc1cc(Nc2ccccc2C=O)cc(C(=O)O)c1. The Bertz CT molecular complexity index is 679. The van der Waals surface area contributed by atoms with Crippen LogP contribution in [0.5, 0.6) is 0 Å². The van der Waals surface area contributed by atoms with Crippen LogP contribution < -0.4 is 5.32 Å². The standard InChI is InChI=1S/C15H11NO4/c17-8-10-5-12(15(19)20)7-13(6-10)16-14-4-2-1-3-11(14)9-18/h1-9,16H,(H,19,20). The summed E-state index contributed by atoms with van der Waals surface area (Å²) in [7, 11) is 0. The van der Waals surface area contributed by atoms with Crippen LogP contribution >= 0.6 is 0 Å². The largest absolute Gasteiger partial charge is 0.478 e. The Morgan fingerprint density at radius 2 is 1.80 bits per heavy atom. The molecule has 20 heavy (non-hydrogen) atoms. The highest BCUT2D eigenvalue weighted by Crippen LogP contribution is 2.22. The van der Waals surface area contributed by atoms with E-state index in [4.69, 9.17) is 5.11 Å². The lowest BCUT2D eigenvalue weighted by molar-refractivity contribution is 0.0696. The lowest BCUT2D eigenvalue weighted by Crippen LogP contribution is -2.01. The third kappa shape index (κ3) is 2.89. The molecule has 0 unspecified atom stereocenters. The molecule has 0 amide bonds. The molecule has 0 saturated heterocycles. The Hall–Kier alpha value is -2.95. The molecule has 5 heteroatoms. The topological polar surface area (TPSA) is 83.5 Å². The fourth-order valence-corrected chi connectivity index (χ4v) is 1.78. The number of carboxylic acids is 1. The van der Waals surface area contributed by atoms with Crippen molar-refractivity contribution < 1.29 is 19.5 Å². The van der Waals surface area contributed by atoms with Gasteiger partial charge in [-0.05, 0) is 30.3 Å². The van der Waals surface area contributed by atoms with Crippen molar-refractivity contribution in [1.82, 2.24) is 0 Å². The molecule has 2 N–H and O–H groups in total. The van der Waals surface area contributed by atoms with Crippen molar-refractivity contribution in [3.05, 3.63) is 59.2 Å². The summed E-state index contributed by atoms with van der Waals surface area (Å²) in [6, 6.07) is 11.0. The lowest BCUT2D eigenvalue weighted by Gasteiger charge is -2.10. The van der Waals surface area contributed by atoms with E-state index < -0.39 is 5.97 Å². The first-order valence-corrected chi connectivity index (χ1v) is 5.79. The molecule has 5 nitrogen and oxygen atoms in total. The summed E-state index contributed by atoms with van der Waals surface area (Å²) in [4.78, 5) is 32.8. The fourth-order valence-electron chi connectivity index (χ4n) is 1.78. The molecule has 2 aromatic rings.